The number of aromatic amines is 1. The summed E-state index contributed by atoms with van der Waals surface area (Å²) in [6, 6.07) is 4.21. The van der Waals surface area contributed by atoms with Crippen molar-refractivity contribution < 1.29 is 0 Å². The minimum atomic E-state index is 0.531. The van der Waals surface area contributed by atoms with Gasteiger partial charge in [0, 0.05) is 6.54 Å². The van der Waals surface area contributed by atoms with Crippen LogP contribution in [0.25, 0.3) is 11.0 Å². The fourth-order valence-corrected chi connectivity index (χ4v) is 2.68. The Kier molecular flexibility index (Phi) is 4.91. The number of unbranched alkanes of at least 4 members (excludes halogenated alkanes) is 1. The number of nitrogens with zero attached hydrogens (tertiary/aromatic N) is 2. The molecular weight excluding hydrogens is 236 g/mol. The molecule has 0 spiro atoms. The number of nitrogens with one attached hydrogen (secondary N) is 1. The van der Waals surface area contributed by atoms with Crippen molar-refractivity contribution >= 4 is 11.0 Å². The number of hydrogen-bond donors (Lipinski definition) is 2. The first kappa shape index (κ1) is 14.0. The third kappa shape index (κ3) is 3.13. The lowest BCUT2D eigenvalue weighted by Crippen LogP contribution is -2.09. The lowest BCUT2D eigenvalue weighted by molar-refractivity contribution is 0.448. The van der Waals surface area contributed by atoms with Gasteiger partial charge in [-0.15, -0.1) is 0 Å². The Balaban J connectivity index is 2.23. The number of hydrogen-bond acceptors (Lipinski definition) is 3. The number of H-pyrrole nitrogens is 1. The minimum Gasteiger partial charge on any atom is -0.326 e. The van der Waals surface area contributed by atoms with Gasteiger partial charge in [0.1, 0.15) is 11.0 Å². The Morgan fingerprint density at radius 1 is 1.26 bits per heavy atom. The summed E-state index contributed by atoms with van der Waals surface area (Å²) in [4.78, 5) is 0. The van der Waals surface area contributed by atoms with Crippen LogP contribution in [-0.4, -0.2) is 15.4 Å². The Bertz CT molecular complexity index is 518. The van der Waals surface area contributed by atoms with Crippen LogP contribution >= 0.6 is 0 Å². The van der Waals surface area contributed by atoms with Crippen LogP contribution in [0.4, 0.5) is 0 Å². The second-order valence-electron chi connectivity index (χ2n) is 5.22. The van der Waals surface area contributed by atoms with E-state index in [1.54, 1.807) is 0 Å². The molecule has 1 aromatic heterocycles. The molecule has 4 heteroatoms. The summed E-state index contributed by atoms with van der Waals surface area (Å²) in [6.07, 6.45) is 6.20. The first-order chi connectivity index (χ1) is 9.30. The molecular formula is C15H24N4. The molecule has 3 N–H and O–H groups in total. The average Bonchev–Trinajstić information content (AvgIpc) is 2.91. The molecule has 0 aliphatic rings. The molecule has 0 bridgehead atoms. The smallest absolute Gasteiger partial charge is 0.117 e. The monoisotopic (exact) mass is 260 g/mol. The van der Waals surface area contributed by atoms with E-state index in [9.17, 15) is 0 Å². The maximum Gasteiger partial charge on any atom is 0.117 e. The number of benzene rings is 1. The average molecular weight is 260 g/mol. The molecule has 0 radical (unpaired) electrons. The molecule has 0 amide bonds. The van der Waals surface area contributed by atoms with Crippen LogP contribution in [0, 0.1) is 5.92 Å². The minimum absolute atomic E-state index is 0.531. The van der Waals surface area contributed by atoms with Crippen molar-refractivity contribution in [2.75, 3.05) is 0 Å². The summed E-state index contributed by atoms with van der Waals surface area (Å²) in [5.74, 6) is 0.745. The molecule has 1 atom stereocenters. The third-order valence-corrected chi connectivity index (χ3v) is 3.95. The van der Waals surface area contributed by atoms with Gasteiger partial charge in [0.15, 0.2) is 0 Å². The molecule has 1 heterocycles. The van der Waals surface area contributed by atoms with E-state index in [-0.39, 0.29) is 0 Å². The van der Waals surface area contributed by atoms with Crippen molar-refractivity contribution in [1.82, 2.24) is 15.4 Å². The summed E-state index contributed by atoms with van der Waals surface area (Å²) in [7, 11) is 0. The molecule has 4 nitrogen and oxygen atoms in total. The predicted molar refractivity (Wildman–Crippen MR) is 78.8 cm³/mol. The second kappa shape index (κ2) is 6.66. The van der Waals surface area contributed by atoms with Crippen LogP contribution in [-0.2, 0) is 13.0 Å². The molecule has 0 aliphatic heterocycles. The van der Waals surface area contributed by atoms with Crippen molar-refractivity contribution in [3.05, 3.63) is 23.3 Å². The maximum absolute atomic E-state index is 5.91. The van der Waals surface area contributed by atoms with E-state index in [2.05, 4.69) is 35.3 Å². The largest absolute Gasteiger partial charge is 0.326 e. The second-order valence-corrected chi connectivity index (χ2v) is 5.22. The molecule has 0 fully saturated rings. The fraction of sp³-hybridized carbons (Fsp3) is 0.600. The number of rotatable bonds is 7. The Labute approximate surface area is 114 Å². The van der Waals surface area contributed by atoms with Crippen molar-refractivity contribution in [2.45, 2.75) is 52.5 Å². The fourth-order valence-electron chi connectivity index (χ4n) is 2.68. The van der Waals surface area contributed by atoms with Crippen molar-refractivity contribution in [2.24, 2.45) is 11.7 Å². The normalized spacial score (nSPS) is 13.0. The van der Waals surface area contributed by atoms with E-state index in [0.717, 1.165) is 28.9 Å². The van der Waals surface area contributed by atoms with Gasteiger partial charge in [-0.05, 0) is 29.5 Å². The topological polar surface area (TPSA) is 67.6 Å². The zero-order valence-electron chi connectivity index (χ0n) is 11.9. The maximum atomic E-state index is 5.91. The molecule has 1 aromatic carbocycles. The van der Waals surface area contributed by atoms with E-state index < -0.39 is 0 Å². The van der Waals surface area contributed by atoms with Gasteiger partial charge in [0.2, 0.25) is 0 Å². The highest BCUT2D eigenvalue weighted by Gasteiger charge is 2.13. The third-order valence-electron chi connectivity index (χ3n) is 3.95. The molecule has 2 rings (SSSR count). The van der Waals surface area contributed by atoms with Gasteiger partial charge in [0.25, 0.3) is 0 Å². The molecule has 2 aromatic rings. The van der Waals surface area contributed by atoms with Crippen molar-refractivity contribution in [3.8, 4) is 0 Å². The Morgan fingerprint density at radius 2 is 2.11 bits per heavy atom. The van der Waals surface area contributed by atoms with E-state index in [1.807, 2.05) is 6.07 Å². The first-order valence-electron chi connectivity index (χ1n) is 7.31. The van der Waals surface area contributed by atoms with E-state index in [1.165, 1.54) is 31.2 Å². The van der Waals surface area contributed by atoms with E-state index in [4.69, 9.17) is 5.73 Å². The molecule has 19 heavy (non-hydrogen) atoms. The van der Waals surface area contributed by atoms with Crippen LogP contribution in [0.15, 0.2) is 12.1 Å². The quantitative estimate of drug-likeness (QED) is 0.803. The van der Waals surface area contributed by atoms with Gasteiger partial charge in [-0.25, -0.2) is 0 Å². The zero-order chi connectivity index (χ0) is 13.7. The highest BCUT2D eigenvalue weighted by molar-refractivity contribution is 5.78. The van der Waals surface area contributed by atoms with E-state index >= 15 is 0 Å². The Morgan fingerprint density at radius 3 is 2.79 bits per heavy atom. The van der Waals surface area contributed by atoms with Crippen molar-refractivity contribution in [1.29, 1.82) is 0 Å². The molecule has 0 aliphatic carbocycles. The highest BCUT2D eigenvalue weighted by atomic mass is 15.3. The van der Waals surface area contributed by atoms with Gasteiger partial charge >= 0.3 is 0 Å². The summed E-state index contributed by atoms with van der Waals surface area (Å²) in [5.41, 5.74) is 10.2. The van der Waals surface area contributed by atoms with Crippen LogP contribution in [0.5, 0.6) is 0 Å². The summed E-state index contributed by atoms with van der Waals surface area (Å²) < 4.78 is 0. The number of aromatic nitrogens is 3. The highest BCUT2D eigenvalue weighted by Crippen LogP contribution is 2.24. The zero-order valence-corrected chi connectivity index (χ0v) is 11.9. The molecule has 0 saturated carbocycles. The first-order valence-corrected chi connectivity index (χ1v) is 7.31. The van der Waals surface area contributed by atoms with Gasteiger partial charge in [-0.2, -0.15) is 15.4 Å². The van der Waals surface area contributed by atoms with Gasteiger partial charge in [-0.1, -0.05) is 45.6 Å². The van der Waals surface area contributed by atoms with Crippen LogP contribution in [0.1, 0.15) is 50.7 Å². The SMILES string of the molecule is CCCCC(CC)Cc1ccc2n[nH]nc2c1CN. The molecule has 1 unspecified atom stereocenters. The number of nitrogens with two attached hydrogens (primary N) is 1. The van der Waals surface area contributed by atoms with Gasteiger partial charge in [0.05, 0.1) is 0 Å². The van der Waals surface area contributed by atoms with Crippen LogP contribution in [0.3, 0.4) is 0 Å². The molecule has 104 valence electrons. The number of fused-ring (bicyclic) bond motifs is 1. The Hall–Kier alpha value is -1.42. The van der Waals surface area contributed by atoms with Crippen LogP contribution in [0.2, 0.25) is 0 Å². The summed E-state index contributed by atoms with van der Waals surface area (Å²) in [5, 5.41) is 11.0. The summed E-state index contributed by atoms with van der Waals surface area (Å²) >= 11 is 0. The lowest BCUT2D eigenvalue weighted by atomic mass is 9.89. The summed E-state index contributed by atoms with van der Waals surface area (Å²) in [6.45, 7) is 5.06. The van der Waals surface area contributed by atoms with Gasteiger partial charge in [-0.3, -0.25) is 0 Å². The standard InChI is InChI=1S/C15H24N4/c1-3-5-6-11(4-2)9-12-7-8-14-15(13(12)10-16)18-19-17-14/h7-8,11H,3-6,9-10,16H2,1-2H3,(H,17,18,19). The predicted octanol–water partition coefficient (Wildman–Crippen LogP) is 3.18. The van der Waals surface area contributed by atoms with Crippen molar-refractivity contribution in [3.63, 3.8) is 0 Å². The lowest BCUT2D eigenvalue weighted by Gasteiger charge is -2.16. The van der Waals surface area contributed by atoms with Crippen LogP contribution < -0.4 is 5.73 Å². The van der Waals surface area contributed by atoms with E-state index in [0.29, 0.717) is 6.54 Å². The van der Waals surface area contributed by atoms with Gasteiger partial charge < -0.3 is 5.73 Å². The molecule has 0 saturated heterocycles.